The number of carbonyl (C=O) groups excluding carboxylic acids is 1. The van der Waals surface area contributed by atoms with E-state index in [1.54, 1.807) is 19.9 Å². The summed E-state index contributed by atoms with van der Waals surface area (Å²) in [5.41, 5.74) is 5.21. The van der Waals surface area contributed by atoms with Gasteiger partial charge >= 0.3 is 5.97 Å². The molecule has 0 radical (unpaired) electrons. The fourth-order valence-electron chi connectivity index (χ4n) is 1.67. The van der Waals surface area contributed by atoms with Gasteiger partial charge in [0.25, 0.3) is 0 Å². The summed E-state index contributed by atoms with van der Waals surface area (Å²) in [7, 11) is 2.73. The first-order chi connectivity index (χ1) is 8.34. The molecule has 1 aromatic carbocycles. The molecule has 0 saturated carbocycles. The Kier molecular flexibility index (Phi) is 4.29. The van der Waals surface area contributed by atoms with Crippen molar-refractivity contribution in [3.8, 4) is 5.75 Å². The Hall–Kier alpha value is -1.62. The van der Waals surface area contributed by atoms with Crippen molar-refractivity contribution in [3.63, 3.8) is 0 Å². The van der Waals surface area contributed by atoms with Gasteiger partial charge in [0.2, 0.25) is 0 Å². The highest BCUT2D eigenvalue weighted by Crippen LogP contribution is 2.34. The normalized spacial score (nSPS) is 13.0. The van der Waals surface area contributed by atoms with Gasteiger partial charge in [-0.25, -0.2) is 4.39 Å². The number of ether oxygens (including phenoxy) is 2. The summed E-state index contributed by atoms with van der Waals surface area (Å²) in [5.74, 6) is -0.580. The molecule has 0 amide bonds. The van der Waals surface area contributed by atoms with Crippen molar-refractivity contribution in [2.24, 2.45) is 11.1 Å². The molecule has 0 unspecified atom stereocenters. The maximum atomic E-state index is 13.9. The van der Waals surface area contributed by atoms with E-state index < -0.39 is 23.2 Å². The maximum Gasteiger partial charge on any atom is 0.313 e. The lowest BCUT2D eigenvalue weighted by atomic mass is 9.81. The predicted molar refractivity (Wildman–Crippen MR) is 65.7 cm³/mol. The molecule has 0 aromatic heterocycles. The van der Waals surface area contributed by atoms with Gasteiger partial charge in [-0.05, 0) is 19.9 Å². The average Bonchev–Trinajstić information content (AvgIpc) is 2.36. The van der Waals surface area contributed by atoms with Gasteiger partial charge in [0, 0.05) is 17.7 Å². The van der Waals surface area contributed by atoms with Crippen LogP contribution in [0.15, 0.2) is 18.2 Å². The number of esters is 1. The summed E-state index contributed by atoms with van der Waals surface area (Å²) in [6.07, 6.45) is 0. The van der Waals surface area contributed by atoms with Crippen molar-refractivity contribution in [3.05, 3.63) is 29.6 Å². The van der Waals surface area contributed by atoms with Crippen molar-refractivity contribution in [2.75, 3.05) is 14.2 Å². The van der Waals surface area contributed by atoms with Gasteiger partial charge in [-0.1, -0.05) is 6.07 Å². The smallest absolute Gasteiger partial charge is 0.313 e. The lowest BCUT2D eigenvalue weighted by molar-refractivity contribution is -0.152. The lowest BCUT2D eigenvalue weighted by Crippen LogP contribution is -2.37. The number of hydrogen-bond acceptors (Lipinski definition) is 4. The van der Waals surface area contributed by atoms with Crippen molar-refractivity contribution in [1.29, 1.82) is 0 Å². The van der Waals surface area contributed by atoms with E-state index in [-0.39, 0.29) is 5.56 Å². The summed E-state index contributed by atoms with van der Waals surface area (Å²) >= 11 is 0. The van der Waals surface area contributed by atoms with Gasteiger partial charge < -0.3 is 15.2 Å². The predicted octanol–water partition coefficient (Wildman–Crippen LogP) is 2.03. The quantitative estimate of drug-likeness (QED) is 0.836. The van der Waals surface area contributed by atoms with Crippen LogP contribution in [0.25, 0.3) is 0 Å². The summed E-state index contributed by atoms with van der Waals surface area (Å²) in [4.78, 5) is 11.6. The molecule has 0 spiro atoms. The lowest BCUT2D eigenvalue weighted by Gasteiger charge is -2.29. The third-order valence-corrected chi connectivity index (χ3v) is 3.03. The second kappa shape index (κ2) is 5.35. The number of hydrogen-bond donors (Lipinski definition) is 1. The zero-order valence-electron chi connectivity index (χ0n) is 11.0. The molecule has 18 heavy (non-hydrogen) atoms. The zero-order chi connectivity index (χ0) is 13.9. The maximum absolute atomic E-state index is 13.9. The zero-order valence-corrected chi connectivity index (χ0v) is 11.0. The third kappa shape index (κ3) is 2.61. The van der Waals surface area contributed by atoms with Gasteiger partial charge in [0.05, 0.1) is 19.6 Å². The van der Waals surface area contributed by atoms with E-state index in [0.717, 1.165) is 0 Å². The number of methoxy groups -OCH3 is 2. The molecule has 0 aliphatic rings. The third-order valence-electron chi connectivity index (χ3n) is 3.03. The molecule has 4 nitrogen and oxygen atoms in total. The number of halogens is 1. The minimum atomic E-state index is -1.01. The van der Waals surface area contributed by atoms with Crippen LogP contribution in [0, 0.1) is 11.2 Å². The molecular formula is C13H18FNO3. The van der Waals surface area contributed by atoms with E-state index in [1.807, 2.05) is 0 Å². The van der Waals surface area contributed by atoms with E-state index >= 15 is 0 Å². The van der Waals surface area contributed by atoms with E-state index in [9.17, 15) is 9.18 Å². The first-order valence-electron chi connectivity index (χ1n) is 5.52. The van der Waals surface area contributed by atoms with Gasteiger partial charge in [-0.15, -0.1) is 0 Å². The van der Waals surface area contributed by atoms with Crippen LogP contribution >= 0.6 is 0 Å². The molecule has 0 heterocycles. The Morgan fingerprint density at radius 1 is 1.39 bits per heavy atom. The van der Waals surface area contributed by atoms with Crippen LogP contribution in [0.2, 0.25) is 0 Å². The number of carbonyl (C=O) groups is 1. The molecule has 0 bridgehead atoms. The molecule has 1 rings (SSSR count). The largest absolute Gasteiger partial charge is 0.497 e. The second-order valence-corrected chi connectivity index (χ2v) is 4.58. The van der Waals surface area contributed by atoms with E-state index in [1.165, 1.54) is 26.4 Å². The Morgan fingerprint density at radius 3 is 2.44 bits per heavy atom. The monoisotopic (exact) mass is 255 g/mol. The molecule has 0 aliphatic carbocycles. The number of rotatable bonds is 4. The minimum absolute atomic E-state index is 0.256. The molecule has 1 aromatic rings. The van der Waals surface area contributed by atoms with Crippen LogP contribution in [0.5, 0.6) is 5.75 Å². The van der Waals surface area contributed by atoms with E-state index in [2.05, 4.69) is 4.74 Å². The topological polar surface area (TPSA) is 61.5 Å². The van der Waals surface area contributed by atoms with Crippen LogP contribution < -0.4 is 10.5 Å². The summed E-state index contributed by atoms with van der Waals surface area (Å²) < 4.78 is 23.5. The summed E-state index contributed by atoms with van der Waals surface area (Å²) in [5, 5.41) is 0. The Balaban J connectivity index is 3.11. The molecule has 0 saturated heterocycles. The van der Waals surface area contributed by atoms with Gasteiger partial charge in [-0.2, -0.15) is 0 Å². The van der Waals surface area contributed by atoms with Crippen LogP contribution in [0.3, 0.4) is 0 Å². The van der Waals surface area contributed by atoms with Crippen LogP contribution in [0.1, 0.15) is 25.5 Å². The fourth-order valence-corrected chi connectivity index (χ4v) is 1.67. The fraction of sp³-hybridized carbons (Fsp3) is 0.462. The van der Waals surface area contributed by atoms with Gasteiger partial charge in [0.15, 0.2) is 0 Å². The standard InChI is InChI=1S/C13H18FNO3/c1-13(2,12(16)18-4)11(15)9-6-5-8(17-3)7-10(9)14/h5-7,11H,15H2,1-4H3/t11-/m0/s1. The Morgan fingerprint density at radius 2 is 2.00 bits per heavy atom. The Bertz CT molecular complexity index is 446. The van der Waals surface area contributed by atoms with Crippen molar-refractivity contribution < 1.29 is 18.7 Å². The highest BCUT2D eigenvalue weighted by molar-refractivity contribution is 5.77. The highest BCUT2D eigenvalue weighted by atomic mass is 19.1. The van der Waals surface area contributed by atoms with E-state index in [0.29, 0.717) is 5.75 Å². The molecule has 0 fully saturated rings. The first kappa shape index (κ1) is 14.4. The van der Waals surface area contributed by atoms with Crippen molar-refractivity contribution in [2.45, 2.75) is 19.9 Å². The first-order valence-corrected chi connectivity index (χ1v) is 5.52. The SMILES string of the molecule is COC(=O)C(C)(C)[C@@H](N)c1ccc(OC)cc1F. The molecule has 100 valence electrons. The van der Waals surface area contributed by atoms with Crippen LogP contribution in [0.4, 0.5) is 4.39 Å². The number of benzene rings is 1. The summed E-state index contributed by atoms with van der Waals surface area (Å²) in [6, 6.07) is 3.56. The second-order valence-electron chi connectivity index (χ2n) is 4.58. The van der Waals surface area contributed by atoms with Gasteiger partial charge in [0.1, 0.15) is 11.6 Å². The van der Waals surface area contributed by atoms with Gasteiger partial charge in [-0.3, -0.25) is 4.79 Å². The van der Waals surface area contributed by atoms with Crippen LogP contribution in [-0.4, -0.2) is 20.2 Å². The molecular weight excluding hydrogens is 237 g/mol. The van der Waals surface area contributed by atoms with Crippen molar-refractivity contribution in [1.82, 2.24) is 0 Å². The molecule has 1 atom stereocenters. The highest BCUT2D eigenvalue weighted by Gasteiger charge is 2.37. The molecule has 0 aliphatic heterocycles. The summed E-state index contributed by atoms with van der Waals surface area (Å²) in [6.45, 7) is 3.24. The van der Waals surface area contributed by atoms with Crippen molar-refractivity contribution >= 4 is 5.97 Å². The molecule has 5 heteroatoms. The Labute approximate surface area is 106 Å². The molecule has 2 N–H and O–H groups in total. The van der Waals surface area contributed by atoms with E-state index in [4.69, 9.17) is 10.5 Å². The average molecular weight is 255 g/mol. The number of nitrogens with two attached hydrogens (primary N) is 1. The minimum Gasteiger partial charge on any atom is -0.497 e. The van der Waals surface area contributed by atoms with Crippen LogP contribution in [-0.2, 0) is 9.53 Å².